The lowest BCUT2D eigenvalue weighted by atomic mass is 10.1. The molecule has 19 heavy (non-hydrogen) atoms. The molecule has 1 fully saturated rings. The molecule has 0 saturated carbocycles. The van der Waals surface area contributed by atoms with E-state index in [2.05, 4.69) is 20.2 Å². The molecule has 3 rings (SSSR count). The maximum absolute atomic E-state index is 5.71. The lowest BCUT2D eigenvalue weighted by molar-refractivity contribution is 0.0462. The van der Waals surface area contributed by atoms with Crippen molar-refractivity contribution in [2.24, 2.45) is 5.73 Å². The van der Waals surface area contributed by atoms with Crippen molar-refractivity contribution < 1.29 is 4.74 Å². The SMILES string of the molecule is NC[C@@H]1CN(c2ncnc3c2CCNCC3)CCO1. The predicted octanol–water partition coefficient (Wildman–Crippen LogP) is -0.671. The fourth-order valence-corrected chi connectivity index (χ4v) is 2.78. The standard InChI is InChI=1S/C13H21N5O/c14-7-10-8-18(5-6-19-10)13-11-1-3-15-4-2-12(11)16-9-17-13/h9-10,15H,1-8,14H2/t10-/m1/s1. The second-order valence-electron chi connectivity index (χ2n) is 5.05. The monoisotopic (exact) mass is 263 g/mol. The Kier molecular flexibility index (Phi) is 3.91. The molecule has 6 heteroatoms. The Hall–Kier alpha value is -1.24. The van der Waals surface area contributed by atoms with Crippen molar-refractivity contribution in [3.63, 3.8) is 0 Å². The zero-order valence-electron chi connectivity index (χ0n) is 11.1. The van der Waals surface area contributed by atoms with Crippen LogP contribution in [-0.4, -0.2) is 55.4 Å². The first-order valence-corrected chi connectivity index (χ1v) is 6.98. The fraction of sp³-hybridized carbons (Fsp3) is 0.692. The first-order valence-electron chi connectivity index (χ1n) is 6.98. The summed E-state index contributed by atoms with van der Waals surface area (Å²) in [6.07, 6.45) is 3.78. The van der Waals surface area contributed by atoms with Crippen LogP contribution in [0.2, 0.25) is 0 Å². The number of rotatable bonds is 2. The molecular weight excluding hydrogens is 242 g/mol. The smallest absolute Gasteiger partial charge is 0.135 e. The van der Waals surface area contributed by atoms with Crippen molar-refractivity contribution in [3.8, 4) is 0 Å². The summed E-state index contributed by atoms with van der Waals surface area (Å²) < 4.78 is 5.63. The summed E-state index contributed by atoms with van der Waals surface area (Å²) in [5.74, 6) is 1.08. The quantitative estimate of drug-likeness (QED) is 0.737. The highest BCUT2D eigenvalue weighted by molar-refractivity contribution is 5.49. The van der Waals surface area contributed by atoms with Gasteiger partial charge in [0.05, 0.1) is 18.4 Å². The van der Waals surface area contributed by atoms with E-state index in [-0.39, 0.29) is 6.10 Å². The van der Waals surface area contributed by atoms with E-state index in [4.69, 9.17) is 10.5 Å². The number of morpholine rings is 1. The van der Waals surface area contributed by atoms with Gasteiger partial charge in [0.2, 0.25) is 0 Å². The average Bonchev–Trinajstić information content (AvgIpc) is 2.72. The zero-order valence-corrected chi connectivity index (χ0v) is 11.1. The van der Waals surface area contributed by atoms with Crippen molar-refractivity contribution in [3.05, 3.63) is 17.6 Å². The van der Waals surface area contributed by atoms with Gasteiger partial charge in [0, 0.05) is 38.2 Å². The van der Waals surface area contributed by atoms with Crippen molar-refractivity contribution in [1.82, 2.24) is 15.3 Å². The van der Waals surface area contributed by atoms with E-state index in [9.17, 15) is 0 Å². The Morgan fingerprint density at radius 1 is 1.37 bits per heavy atom. The summed E-state index contributed by atoms with van der Waals surface area (Å²) in [6, 6.07) is 0. The molecule has 0 bridgehead atoms. The van der Waals surface area contributed by atoms with E-state index in [1.165, 1.54) is 11.3 Å². The predicted molar refractivity (Wildman–Crippen MR) is 73.3 cm³/mol. The first-order chi connectivity index (χ1) is 9.38. The molecule has 3 heterocycles. The lowest BCUT2D eigenvalue weighted by Gasteiger charge is -2.34. The molecule has 6 nitrogen and oxygen atoms in total. The number of fused-ring (bicyclic) bond motifs is 1. The number of anilines is 1. The van der Waals surface area contributed by atoms with Crippen LogP contribution in [0.1, 0.15) is 11.3 Å². The molecule has 1 aromatic heterocycles. The number of hydrogen-bond acceptors (Lipinski definition) is 6. The Bertz CT molecular complexity index is 439. The van der Waals surface area contributed by atoms with Crippen molar-refractivity contribution >= 4 is 5.82 Å². The van der Waals surface area contributed by atoms with Gasteiger partial charge in [0.1, 0.15) is 12.1 Å². The Morgan fingerprint density at radius 2 is 2.26 bits per heavy atom. The molecule has 1 saturated heterocycles. The zero-order chi connectivity index (χ0) is 13.1. The Morgan fingerprint density at radius 3 is 3.16 bits per heavy atom. The molecule has 0 radical (unpaired) electrons. The molecule has 0 amide bonds. The third-order valence-corrected chi connectivity index (χ3v) is 3.80. The van der Waals surface area contributed by atoms with Crippen LogP contribution >= 0.6 is 0 Å². The highest BCUT2D eigenvalue weighted by Crippen LogP contribution is 2.23. The summed E-state index contributed by atoms with van der Waals surface area (Å²) in [6.45, 7) is 4.99. The maximum Gasteiger partial charge on any atom is 0.135 e. The van der Waals surface area contributed by atoms with Crippen molar-refractivity contribution in [1.29, 1.82) is 0 Å². The largest absolute Gasteiger partial charge is 0.373 e. The van der Waals surface area contributed by atoms with E-state index in [1.807, 2.05) is 0 Å². The van der Waals surface area contributed by atoms with Crippen molar-refractivity contribution in [2.45, 2.75) is 18.9 Å². The molecule has 1 atom stereocenters. The number of ether oxygens (including phenoxy) is 1. The minimum absolute atomic E-state index is 0.114. The Balaban J connectivity index is 1.87. The van der Waals surface area contributed by atoms with Crippen LogP contribution in [0.15, 0.2) is 6.33 Å². The van der Waals surface area contributed by atoms with E-state index in [0.717, 1.165) is 51.4 Å². The number of nitrogens with one attached hydrogen (secondary N) is 1. The highest BCUT2D eigenvalue weighted by Gasteiger charge is 2.24. The van der Waals surface area contributed by atoms with Crippen LogP contribution in [0, 0.1) is 0 Å². The number of aromatic nitrogens is 2. The van der Waals surface area contributed by atoms with Gasteiger partial charge >= 0.3 is 0 Å². The molecule has 0 spiro atoms. The van der Waals surface area contributed by atoms with Crippen LogP contribution in [0.4, 0.5) is 5.82 Å². The second kappa shape index (κ2) is 5.81. The molecule has 0 aliphatic carbocycles. The summed E-state index contributed by atoms with van der Waals surface area (Å²) >= 11 is 0. The fourth-order valence-electron chi connectivity index (χ4n) is 2.78. The third kappa shape index (κ3) is 2.70. The molecule has 1 aromatic rings. The van der Waals surface area contributed by atoms with Gasteiger partial charge < -0.3 is 20.7 Å². The summed E-state index contributed by atoms with van der Waals surface area (Å²) in [5, 5.41) is 3.41. The first kappa shape index (κ1) is 12.8. The van der Waals surface area contributed by atoms with Gasteiger partial charge in [-0.25, -0.2) is 9.97 Å². The molecule has 2 aliphatic rings. The number of nitrogens with two attached hydrogens (primary N) is 1. The van der Waals surface area contributed by atoms with E-state index in [0.29, 0.717) is 6.54 Å². The second-order valence-corrected chi connectivity index (χ2v) is 5.05. The molecule has 0 aromatic carbocycles. The highest BCUT2D eigenvalue weighted by atomic mass is 16.5. The van der Waals surface area contributed by atoms with Gasteiger partial charge in [-0.05, 0) is 13.0 Å². The van der Waals surface area contributed by atoms with E-state index >= 15 is 0 Å². The number of hydrogen-bond donors (Lipinski definition) is 2. The van der Waals surface area contributed by atoms with Gasteiger partial charge in [0.25, 0.3) is 0 Å². The van der Waals surface area contributed by atoms with Crippen LogP contribution < -0.4 is 16.0 Å². The summed E-state index contributed by atoms with van der Waals surface area (Å²) in [5.41, 5.74) is 8.19. The van der Waals surface area contributed by atoms with Gasteiger partial charge in [-0.15, -0.1) is 0 Å². The van der Waals surface area contributed by atoms with Gasteiger partial charge in [-0.1, -0.05) is 0 Å². The minimum atomic E-state index is 0.114. The third-order valence-electron chi connectivity index (χ3n) is 3.80. The van der Waals surface area contributed by atoms with Crippen LogP contribution in [0.5, 0.6) is 0 Å². The molecule has 2 aliphatic heterocycles. The Labute approximate surface area is 113 Å². The van der Waals surface area contributed by atoms with Crippen LogP contribution in [0.3, 0.4) is 0 Å². The average molecular weight is 263 g/mol. The molecule has 104 valence electrons. The van der Waals surface area contributed by atoms with Crippen LogP contribution in [0.25, 0.3) is 0 Å². The van der Waals surface area contributed by atoms with E-state index < -0.39 is 0 Å². The molecular formula is C13H21N5O. The number of nitrogens with zero attached hydrogens (tertiary/aromatic N) is 3. The van der Waals surface area contributed by atoms with E-state index in [1.54, 1.807) is 6.33 Å². The van der Waals surface area contributed by atoms with Gasteiger partial charge in [0.15, 0.2) is 0 Å². The minimum Gasteiger partial charge on any atom is -0.373 e. The van der Waals surface area contributed by atoms with Crippen molar-refractivity contribution in [2.75, 3.05) is 44.2 Å². The normalized spacial score (nSPS) is 23.8. The summed E-state index contributed by atoms with van der Waals surface area (Å²) in [7, 11) is 0. The van der Waals surface area contributed by atoms with Crippen LogP contribution in [-0.2, 0) is 17.6 Å². The molecule has 0 unspecified atom stereocenters. The van der Waals surface area contributed by atoms with Gasteiger partial charge in [-0.3, -0.25) is 0 Å². The lowest BCUT2D eigenvalue weighted by Crippen LogP contribution is -2.46. The topological polar surface area (TPSA) is 76.3 Å². The molecule has 3 N–H and O–H groups in total. The maximum atomic E-state index is 5.71. The van der Waals surface area contributed by atoms with Gasteiger partial charge in [-0.2, -0.15) is 0 Å². The summed E-state index contributed by atoms with van der Waals surface area (Å²) in [4.78, 5) is 11.3.